The summed E-state index contributed by atoms with van der Waals surface area (Å²) in [5, 5.41) is 28.1. The van der Waals surface area contributed by atoms with Crippen LogP contribution in [0.25, 0.3) is 0 Å². The van der Waals surface area contributed by atoms with Crippen LogP contribution < -0.4 is 0 Å². The third-order valence-corrected chi connectivity index (χ3v) is 5.18. The molecular weight excluding hydrogens is 376 g/mol. The van der Waals surface area contributed by atoms with Gasteiger partial charge in [0.2, 0.25) is 11.5 Å². The minimum atomic E-state index is -1.45. The molecule has 168 valence electrons. The van der Waals surface area contributed by atoms with Crippen LogP contribution in [0.4, 0.5) is 0 Å². The molecule has 0 aromatic carbocycles. The van der Waals surface area contributed by atoms with E-state index in [0.29, 0.717) is 0 Å². The molecule has 1 unspecified atom stereocenters. The number of carbonyl (C=O) groups excluding carboxylic acids is 2. The second kappa shape index (κ2) is 15.1. The average molecular weight is 415 g/mol. The lowest BCUT2D eigenvalue weighted by Gasteiger charge is -2.16. The molecular formula is C22H38O7. The van der Waals surface area contributed by atoms with Gasteiger partial charge in [0.1, 0.15) is 12.7 Å². The normalized spacial score (nSPS) is 17.4. The molecule has 0 saturated carbocycles. The van der Waals surface area contributed by atoms with Crippen molar-refractivity contribution in [1.29, 1.82) is 0 Å². The topological polar surface area (TPSA) is 113 Å². The number of esters is 1. The molecule has 2 atom stereocenters. The van der Waals surface area contributed by atoms with Crippen molar-refractivity contribution in [2.75, 3.05) is 6.61 Å². The van der Waals surface area contributed by atoms with E-state index in [1.807, 2.05) is 0 Å². The number of rotatable bonds is 17. The fourth-order valence-electron chi connectivity index (χ4n) is 3.35. The number of hydrogen-bond donors (Lipinski definition) is 3. The van der Waals surface area contributed by atoms with Crippen LogP contribution in [0.3, 0.4) is 0 Å². The second-order valence-corrected chi connectivity index (χ2v) is 7.80. The van der Waals surface area contributed by atoms with Gasteiger partial charge in [-0.05, 0) is 6.42 Å². The Bertz CT molecular complexity index is 515. The SMILES string of the molecule is CCCCCCCCCCCCCCCC(=O)OCC(O)[C@H]1OC(O)=C(O)C1=O. The molecule has 1 rings (SSSR count). The lowest BCUT2D eigenvalue weighted by molar-refractivity contribution is -0.152. The number of hydrogen-bond acceptors (Lipinski definition) is 7. The van der Waals surface area contributed by atoms with Gasteiger partial charge in [-0.15, -0.1) is 0 Å². The molecule has 7 heteroatoms. The van der Waals surface area contributed by atoms with E-state index in [9.17, 15) is 19.8 Å². The molecule has 0 radical (unpaired) electrons. The molecule has 0 bridgehead atoms. The molecule has 0 fully saturated rings. The van der Waals surface area contributed by atoms with Gasteiger partial charge < -0.3 is 24.8 Å². The first-order valence-corrected chi connectivity index (χ1v) is 11.1. The Hall–Kier alpha value is -1.76. The maximum absolute atomic E-state index is 11.7. The van der Waals surface area contributed by atoms with Crippen molar-refractivity contribution in [2.45, 2.75) is 109 Å². The van der Waals surface area contributed by atoms with Crippen LogP contribution in [0.15, 0.2) is 11.7 Å². The Morgan fingerprint density at radius 2 is 1.41 bits per heavy atom. The molecule has 1 aliphatic heterocycles. The number of Topliss-reactive ketones (excluding diaryl/α,β-unsaturated/α-hetero) is 1. The number of ketones is 1. The predicted octanol–water partition coefficient (Wildman–Crippen LogP) is 4.62. The standard InChI is InChI=1S/C22H38O7/c1-2-3-4-5-6-7-8-9-10-11-12-13-14-15-18(24)28-16-17(23)21-19(25)20(26)22(27)29-21/h17,21,23,26-27H,2-16H2,1H3/t17?,21-/m1/s1. The quantitative estimate of drug-likeness (QED) is 0.235. The molecule has 1 heterocycles. The minimum absolute atomic E-state index is 0.263. The van der Waals surface area contributed by atoms with Crippen molar-refractivity contribution < 1.29 is 34.4 Å². The van der Waals surface area contributed by atoms with Gasteiger partial charge in [0.05, 0.1) is 0 Å². The minimum Gasteiger partial charge on any atom is -0.499 e. The lowest BCUT2D eigenvalue weighted by atomic mass is 10.0. The summed E-state index contributed by atoms with van der Waals surface area (Å²) in [6, 6.07) is 0. The summed E-state index contributed by atoms with van der Waals surface area (Å²) in [5.74, 6) is -3.22. The van der Waals surface area contributed by atoms with Gasteiger partial charge in [0, 0.05) is 6.42 Å². The number of unbranched alkanes of at least 4 members (excludes halogenated alkanes) is 12. The Balaban J connectivity index is 1.91. The maximum atomic E-state index is 11.7. The highest BCUT2D eigenvalue weighted by atomic mass is 16.6. The molecule has 1 aliphatic rings. The Morgan fingerprint density at radius 1 is 0.931 bits per heavy atom. The highest BCUT2D eigenvalue weighted by molar-refractivity contribution is 5.99. The summed E-state index contributed by atoms with van der Waals surface area (Å²) in [7, 11) is 0. The van der Waals surface area contributed by atoms with Gasteiger partial charge in [-0.2, -0.15) is 0 Å². The molecule has 0 saturated heterocycles. The third-order valence-electron chi connectivity index (χ3n) is 5.18. The highest BCUT2D eigenvalue weighted by Crippen LogP contribution is 2.20. The van der Waals surface area contributed by atoms with Gasteiger partial charge in [-0.1, -0.05) is 84.0 Å². The van der Waals surface area contributed by atoms with Crippen molar-refractivity contribution in [3.8, 4) is 0 Å². The van der Waals surface area contributed by atoms with E-state index < -0.39 is 42.3 Å². The van der Waals surface area contributed by atoms with Gasteiger partial charge >= 0.3 is 11.9 Å². The average Bonchev–Trinajstić information content (AvgIpc) is 2.97. The fourth-order valence-corrected chi connectivity index (χ4v) is 3.35. The Kier molecular flexibility index (Phi) is 13.2. The Labute approximate surface area is 174 Å². The smallest absolute Gasteiger partial charge is 0.325 e. The first-order chi connectivity index (χ1) is 14.0. The molecule has 0 aliphatic carbocycles. The fraction of sp³-hybridized carbons (Fsp3) is 0.818. The Morgan fingerprint density at radius 3 is 1.86 bits per heavy atom. The van der Waals surface area contributed by atoms with Crippen LogP contribution in [-0.2, 0) is 19.1 Å². The third kappa shape index (κ3) is 10.5. The monoisotopic (exact) mass is 414 g/mol. The number of aliphatic hydroxyl groups excluding tert-OH is 3. The zero-order valence-electron chi connectivity index (χ0n) is 17.7. The summed E-state index contributed by atoms with van der Waals surface area (Å²) >= 11 is 0. The van der Waals surface area contributed by atoms with E-state index in [0.717, 1.165) is 19.3 Å². The summed E-state index contributed by atoms with van der Waals surface area (Å²) < 4.78 is 9.60. The van der Waals surface area contributed by atoms with Crippen molar-refractivity contribution >= 4 is 11.8 Å². The van der Waals surface area contributed by atoms with E-state index in [1.54, 1.807) is 0 Å². The number of aliphatic hydroxyl groups is 3. The molecule has 0 amide bonds. The molecule has 0 aromatic rings. The van der Waals surface area contributed by atoms with Crippen molar-refractivity contribution in [3.05, 3.63) is 11.7 Å². The van der Waals surface area contributed by atoms with Crippen LogP contribution in [0.2, 0.25) is 0 Å². The van der Waals surface area contributed by atoms with Gasteiger partial charge in [-0.25, -0.2) is 0 Å². The summed E-state index contributed by atoms with van der Waals surface area (Å²) in [6.45, 7) is 1.81. The van der Waals surface area contributed by atoms with Crippen molar-refractivity contribution in [2.24, 2.45) is 0 Å². The zero-order valence-corrected chi connectivity index (χ0v) is 17.7. The second-order valence-electron chi connectivity index (χ2n) is 7.80. The van der Waals surface area contributed by atoms with Crippen LogP contribution in [0, 0.1) is 0 Å². The van der Waals surface area contributed by atoms with Crippen LogP contribution in [-0.4, -0.2) is 45.9 Å². The number of ether oxygens (including phenoxy) is 2. The highest BCUT2D eigenvalue weighted by Gasteiger charge is 2.40. The summed E-state index contributed by atoms with van der Waals surface area (Å²) in [5.41, 5.74) is 0. The molecule has 3 N–H and O–H groups in total. The van der Waals surface area contributed by atoms with E-state index in [1.165, 1.54) is 64.2 Å². The summed E-state index contributed by atoms with van der Waals surface area (Å²) in [4.78, 5) is 23.2. The first kappa shape index (κ1) is 25.3. The van der Waals surface area contributed by atoms with Crippen LogP contribution >= 0.6 is 0 Å². The molecule has 7 nitrogen and oxygen atoms in total. The maximum Gasteiger partial charge on any atom is 0.325 e. The van der Waals surface area contributed by atoms with Gasteiger partial charge in [0.25, 0.3) is 0 Å². The van der Waals surface area contributed by atoms with E-state index in [4.69, 9.17) is 9.84 Å². The van der Waals surface area contributed by atoms with Crippen LogP contribution in [0.5, 0.6) is 0 Å². The molecule has 0 aromatic heterocycles. The summed E-state index contributed by atoms with van der Waals surface area (Å²) in [6.07, 6.45) is 13.3. The largest absolute Gasteiger partial charge is 0.499 e. The zero-order chi connectivity index (χ0) is 21.5. The van der Waals surface area contributed by atoms with Crippen molar-refractivity contribution in [3.63, 3.8) is 0 Å². The van der Waals surface area contributed by atoms with E-state index >= 15 is 0 Å². The predicted molar refractivity (Wildman–Crippen MR) is 109 cm³/mol. The van der Waals surface area contributed by atoms with E-state index in [-0.39, 0.29) is 6.42 Å². The van der Waals surface area contributed by atoms with Crippen LogP contribution in [0.1, 0.15) is 96.8 Å². The molecule has 29 heavy (non-hydrogen) atoms. The number of carbonyl (C=O) groups is 2. The van der Waals surface area contributed by atoms with Crippen molar-refractivity contribution in [1.82, 2.24) is 0 Å². The first-order valence-electron chi connectivity index (χ1n) is 11.1. The molecule has 0 spiro atoms. The lowest BCUT2D eigenvalue weighted by Crippen LogP contribution is -2.37. The van der Waals surface area contributed by atoms with Gasteiger partial charge in [-0.3, -0.25) is 9.59 Å². The van der Waals surface area contributed by atoms with E-state index in [2.05, 4.69) is 11.7 Å². The van der Waals surface area contributed by atoms with Gasteiger partial charge in [0.15, 0.2) is 6.10 Å².